The zero-order chi connectivity index (χ0) is 25.0. The van der Waals surface area contributed by atoms with Gasteiger partial charge in [0.1, 0.15) is 22.0 Å². The van der Waals surface area contributed by atoms with E-state index in [0.717, 1.165) is 69.8 Å². The number of carbonyl (C=O) groups excluding carboxylic acids is 1. The summed E-state index contributed by atoms with van der Waals surface area (Å²) in [5, 5.41) is 0. The average Bonchev–Trinajstić information content (AvgIpc) is 2.88. The fourth-order valence-corrected chi connectivity index (χ4v) is 6.66. The van der Waals surface area contributed by atoms with Gasteiger partial charge in [-0.3, -0.25) is 4.55 Å². The second-order valence-electron chi connectivity index (χ2n) is 9.63. The highest BCUT2D eigenvalue weighted by atomic mass is 32.2. The summed E-state index contributed by atoms with van der Waals surface area (Å²) in [6.07, 6.45) is 11.3. The summed E-state index contributed by atoms with van der Waals surface area (Å²) in [5.74, 6) is 0.0970. The Bertz CT molecular complexity index is 1150. The van der Waals surface area contributed by atoms with Gasteiger partial charge in [0.2, 0.25) is 0 Å². The molecule has 0 atom stereocenters. The number of hydrogen-bond donors (Lipinski definition) is 1. The molecule has 0 heterocycles. The summed E-state index contributed by atoms with van der Waals surface area (Å²) < 4.78 is 46.9. The Hall–Kier alpha value is -2.64. The molecule has 1 N–H and O–H groups in total. The molecule has 0 bridgehead atoms. The van der Waals surface area contributed by atoms with E-state index in [1.165, 1.54) is 7.11 Å². The summed E-state index contributed by atoms with van der Waals surface area (Å²) in [6.45, 7) is 3.76. The molecule has 2 aromatic carbocycles. The zero-order valence-electron chi connectivity index (χ0n) is 20.3. The number of carbonyl (C=O) groups is 1. The van der Waals surface area contributed by atoms with Crippen LogP contribution >= 0.6 is 0 Å². The van der Waals surface area contributed by atoms with Crippen molar-refractivity contribution in [3.05, 3.63) is 59.2 Å². The van der Waals surface area contributed by atoms with E-state index in [4.69, 9.17) is 9.47 Å². The van der Waals surface area contributed by atoms with Gasteiger partial charge in [-0.05, 0) is 78.5 Å². The first-order valence-corrected chi connectivity index (χ1v) is 13.9. The Morgan fingerprint density at radius 1 is 0.943 bits per heavy atom. The minimum atomic E-state index is -4.45. The van der Waals surface area contributed by atoms with Crippen molar-refractivity contribution in [2.45, 2.75) is 80.9 Å². The van der Waals surface area contributed by atoms with Crippen LogP contribution in [0.4, 0.5) is 0 Å². The summed E-state index contributed by atoms with van der Waals surface area (Å²) in [6, 6.07) is 8.44. The van der Waals surface area contributed by atoms with Crippen LogP contribution in [-0.4, -0.2) is 26.0 Å². The Morgan fingerprint density at radius 2 is 1.49 bits per heavy atom. The lowest BCUT2D eigenvalue weighted by molar-refractivity contribution is 0.0730. The first-order valence-electron chi connectivity index (χ1n) is 12.5. The molecule has 0 spiro atoms. The Kier molecular flexibility index (Phi) is 7.97. The summed E-state index contributed by atoms with van der Waals surface area (Å²) in [4.78, 5) is 13.2. The molecule has 7 heteroatoms. The third-order valence-corrected chi connectivity index (χ3v) is 8.34. The van der Waals surface area contributed by atoms with Crippen molar-refractivity contribution in [2.24, 2.45) is 0 Å². The fourth-order valence-electron chi connectivity index (χ4n) is 5.61. The molecule has 2 aliphatic rings. The van der Waals surface area contributed by atoms with Crippen LogP contribution in [0, 0.1) is 0 Å². The lowest BCUT2D eigenvalue weighted by Crippen LogP contribution is -2.18. The molecule has 2 aliphatic carbocycles. The van der Waals surface area contributed by atoms with Crippen molar-refractivity contribution in [3.8, 4) is 11.5 Å². The van der Waals surface area contributed by atoms with Gasteiger partial charge in [0.15, 0.2) is 0 Å². The van der Waals surface area contributed by atoms with Crippen LogP contribution in [0.2, 0.25) is 0 Å². The Labute approximate surface area is 208 Å². The Morgan fingerprint density at radius 3 is 1.94 bits per heavy atom. The maximum atomic E-state index is 13.2. The molecule has 0 amide bonds. The maximum absolute atomic E-state index is 13.2. The van der Waals surface area contributed by atoms with E-state index < -0.39 is 16.1 Å². The smallest absolute Gasteiger partial charge is 0.347 e. The van der Waals surface area contributed by atoms with Gasteiger partial charge in [0.25, 0.3) is 10.1 Å². The standard InChI is InChI=1S/C28H34O6S/c1-3-19-14-15-26(33-2)25(16-19)28(29)34-22-17-23(20-10-6-4-7-11-20)27(35(30,31)32)24(18-22)21-12-8-5-9-13-21/h3,14-18,20-21H,1,4-13H2,2H3,(H,30,31,32). The monoisotopic (exact) mass is 498 g/mol. The van der Waals surface area contributed by atoms with E-state index >= 15 is 0 Å². The SMILES string of the molecule is C=Cc1ccc(OC)c(C(=O)Oc2cc(C3CCCCC3)c(S(=O)(=O)O)c(C3CCCCC3)c2)c1. The second-order valence-corrected chi connectivity index (χ2v) is 11.0. The predicted molar refractivity (Wildman–Crippen MR) is 136 cm³/mol. The minimum Gasteiger partial charge on any atom is -0.496 e. The molecule has 4 rings (SSSR count). The van der Waals surface area contributed by atoms with Gasteiger partial charge >= 0.3 is 5.97 Å². The highest BCUT2D eigenvalue weighted by Crippen LogP contribution is 2.44. The minimum absolute atomic E-state index is 0.000275. The van der Waals surface area contributed by atoms with Gasteiger partial charge < -0.3 is 9.47 Å². The van der Waals surface area contributed by atoms with Crippen LogP contribution < -0.4 is 9.47 Å². The molecule has 0 unspecified atom stereocenters. The number of ether oxygens (including phenoxy) is 2. The van der Waals surface area contributed by atoms with Gasteiger partial charge in [0, 0.05) is 0 Å². The lowest BCUT2D eigenvalue weighted by atomic mass is 9.79. The molecule has 0 aromatic heterocycles. The van der Waals surface area contributed by atoms with E-state index in [0.29, 0.717) is 22.6 Å². The number of benzene rings is 2. The second kappa shape index (κ2) is 11.0. The van der Waals surface area contributed by atoms with Crippen molar-refractivity contribution in [1.82, 2.24) is 0 Å². The van der Waals surface area contributed by atoms with Crippen molar-refractivity contribution < 1.29 is 27.2 Å². The van der Waals surface area contributed by atoms with Crippen LogP contribution in [0.5, 0.6) is 11.5 Å². The molecule has 6 nitrogen and oxygen atoms in total. The summed E-state index contributed by atoms with van der Waals surface area (Å²) in [5.41, 5.74) is 2.17. The van der Waals surface area contributed by atoms with Gasteiger partial charge in [-0.2, -0.15) is 8.42 Å². The molecule has 188 valence electrons. The molecule has 0 aliphatic heterocycles. The first-order chi connectivity index (χ1) is 16.8. The lowest BCUT2D eigenvalue weighted by Gasteiger charge is -2.29. The topological polar surface area (TPSA) is 89.9 Å². The third kappa shape index (κ3) is 5.78. The number of esters is 1. The van der Waals surface area contributed by atoms with Crippen molar-refractivity contribution in [3.63, 3.8) is 0 Å². The van der Waals surface area contributed by atoms with E-state index in [1.54, 1.807) is 36.4 Å². The fraction of sp³-hybridized carbons (Fsp3) is 0.464. The molecule has 2 aromatic rings. The number of hydrogen-bond acceptors (Lipinski definition) is 5. The third-order valence-electron chi connectivity index (χ3n) is 7.36. The highest BCUT2D eigenvalue weighted by Gasteiger charge is 2.32. The van der Waals surface area contributed by atoms with Crippen LogP contribution in [0.15, 0.2) is 41.8 Å². The number of methoxy groups -OCH3 is 1. The average molecular weight is 499 g/mol. The molecule has 0 radical (unpaired) electrons. The van der Waals surface area contributed by atoms with Crippen LogP contribution in [0.3, 0.4) is 0 Å². The Balaban J connectivity index is 1.81. The molecule has 2 fully saturated rings. The van der Waals surface area contributed by atoms with E-state index in [2.05, 4.69) is 6.58 Å². The van der Waals surface area contributed by atoms with Gasteiger partial charge in [0.05, 0.1) is 7.11 Å². The normalized spacial score (nSPS) is 17.7. The summed E-state index contributed by atoms with van der Waals surface area (Å²) in [7, 11) is -2.96. The van der Waals surface area contributed by atoms with Crippen molar-refractivity contribution >= 4 is 22.2 Å². The molecule has 2 saturated carbocycles. The molecule has 0 saturated heterocycles. The van der Waals surface area contributed by atoms with Gasteiger partial charge in [-0.15, -0.1) is 0 Å². The van der Waals surface area contributed by atoms with E-state index in [-0.39, 0.29) is 22.3 Å². The quantitative estimate of drug-likeness (QED) is 0.254. The predicted octanol–water partition coefficient (Wildman–Crippen LogP) is 6.90. The van der Waals surface area contributed by atoms with Crippen molar-refractivity contribution in [2.75, 3.05) is 7.11 Å². The molecular formula is C28H34O6S. The van der Waals surface area contributed by atoms with Crippen LogP contribution in [0.1, 0.15) is 103 Å². The van der Waals surface area contributed by atoms with Crippen molar-refractivity contribution in [1.29, 1.82) is 0 Å². The van der Waals surface area contributed by atoms with Crippen LogP contribution in [0.25, 0.3) is 6.08 Å². The van der Waals surface area contributed by atoms with Crippen LogP contribution in [-0.2, 0) is 10.1 Å². The molecule has 35 heavy (non-hydrogen) atoms. The van der Waals surface area contributed by atoms with Gasteiger partial charge in [-0.1, -0.05) is 57.2 Å². The molecular weight excluding hydrogens is 464 g/mol. The first kappa shape index (κ1) is 25.5. The zero-order valence-corrected chi connectivity index (χ0v) is 21.1. The highest BCUT2D eigenvalue weighted by molar-refractivity contribution is 7.86. The largest absolute Gasteiger partial charge is 0.496 e. The van der Waals surface area contributed by atoms with Gasteiger partial charge in [-0.25, -0.2) is 4.79 Å². The van der Waals surface area contributed by atoms with E-state index in [1.807, 2.05) is 0 Å². The maximum Gasteiger partial charge on any atom is 0.347 e. The van der Waals surface area contributed by atoms with E-state index in [9.17, 15) is 17.8 Å². The summed E-state index contributed by atoms with van der Waals surface area (Å²) >= 11 is 0. The number of rotatable bonds is 7.